The van der Waals surface area contributed by atoms with Gasteiger partial charge in [0.05, 0.1) is 11.0 Å². The van der Waals surface area contributed by atoms with Crippen LogP contribution in [0.2, 0.25) is 0 Å². The van der Waals surface area contributed by atoms with Gasteiger partial charge in [0, 0.05) is 12.4 Å². The highest BCUT2D eigenvalue weighted by molar-refractivity contribution is 7.89. The van der Waals surface area contributed by atoms with Gasteiger partial charge >= 0.3 is 5.69 Å². The molecule has 0 aliphatic carbocycles. The number of nitro benzene ring substituents is 1. The van der Waals surface area contributed by atoms with Crippen LogP contribution >= 0.6 is 0 Å². The quantitative estimate of drug-likeness (QED) is 0.643. The number of primary sulfonamides is 1. The van der Waals surface area contributed by atoms with Gasteiger partial charge in [-0.1, -0.05) is 0 Å². The fraction of sp³-hybridized carbons (Fsp3) is 0.231. The average Bonchev–Trinajstić information content (AvgIpc) is 2.45. The fourth-order valence-corrected chi connectivity index (χ4v) is 2.66. The van der Waals surface area contributed by atoms with Crippen LogP contribution in [-0.4, -0.2) is 29.4 Å². The zero-order valence-electron chi connectivity index (χ0n) is 12.3. The summed E-state index contributed by atoms with van der Waals surface area (Å²) in [6.07, 6.45) is 2.47. The van der Waals surface area contributed by atoms with Crippen molar-refractivity contribution < 1.29 is 18.1 Å². The second kappa shape index (κ2) is 6.26. The molecule has 10 heteroatoms. The highest BCUT2D eigenvalue weighted by atomic mass is 32.2. The first-order valence-electron chi connectivity index (χ1n) is 6.50. The van der Waals surface area contributed by atoms with Crippen molar-refractivity contribution >= 4 is 15.7 Å². The van der Waals surface area contributed by atoms with E-state index in [0.29, 0.717) is 0 Å². The molecule has 1 aromatic heterocycles. The fourth-order valence-electron chi connectivity index (χ4n) is 1.96. The molecule has 0 bridgehead atoms. The lowest BCUT2D eigenvalue weighted by molar-refractivity contribution is -0.387. The Bertz CT molecular complexity index is 837. The van der Waals surface area contributed by atoms with Gasteiger partial charge < -0.3 is 4.74 Å². The van der Waals surface area contributed by atoms with Crippen LogP contribution in [-0.2, 0) is 10.0 Å². The van der Waals surface area contributed by atoms with Gasteiger partial charge in [-0.05, 0) is 32.0 Å². The summed E-state index contributed by atoms with van der Waals surface area (Å²) in [7, 11) is -4.31. The number of nitro groups is 1. The largest absolute Gasteiger partial charge is 0.490 e. The Kier molecular flexibility index (Phi) is 4.57. The Morgan fingerprint density at radius 1 is 1.26 bits per heavy atom. The summed E-state index contributed by atoms with van der Waals surface area (Å²) in [5.74, 6) is 0.0747. The molecule has 0 radical (unpaired) electrons. The molecule has 0 spiro atoms. The van der Waals surface area contributed by atoms with Crippen molar-refractivity contribution in [2.45, 2.75) is 24.8 Å². The minimum atomic E-state index is -4.31. The Labute approximate surface area is 132 Å². The van der Waals surface area contributed by atoms with Crippen molar-refractivity contribution in [3.05, 3.63) is 40.7 Å². The molecule has 2 N–H and O–H groups in total. The highest BCUT2D eigenvalue weighted by Gasteiger charge is 2.32. The number of benzene rings is 1. The van der Waals surface area contributed by atoms with E-state index in [4.69, 9.17) is 9.88 Å². The molecule has 122 valence electrons. The van der Waals surface area contributed by atoms with Crippen molar-refractivity contribution in [2.75, 3.05) is 0 Å². The molecule has 1 heterocycles. The van der Waals surface area contributed by atoms with Crippen LogP contribution in [0, 0.1) is 10.1 Å². The second-order valence-electron chi connectivity index (χ2n) is 4.83. The molecule has 0 amide bonds. The Morgan fingerprint density at radius 2 is 1.87 bits per heavy atom. The van der Waals surface area contributed by atoms with Gasteiger partial charge in [0.15, 0.2) is 10.7 Å². The Morgan fingerprint density at radius 3 is 2.35 bits per heavy atom. The maximum absolute atomic E-state index is 11.7. The lowest BCUT2D eigenvalue weighted by Gasteiger charge is -2.15. The number of hydrogen-bond donors (Lipinski definition) is 1. The molecule has 0 aliphatic heterocycles. The summed E-state index contributed by atoms with van der Waals surface area (Å²) in [5.41, 5.74) is -0.840. The monoisotopic (exact) mass is 338 g/mol. The predicted molar refractivity (Wildman–Crippen MR) is 81.3 cm³/mol. The molecule has 2 aromatic rings. The average molecular weight is 338 g/mol. The molecule has 2 rings (SSSR count). The van der Waals surface area contributed by atoms with E-state index in [1.54, 1.807) is 13.8 Å². The van der Waals surface area contributed by atoms with Crippen LogP contribution in [0.3, 0.4) is 0 Å². The molecule has 0 atom stereocenters. The first kappa shape index (κ1) is 16.8. The molecular formula is C13H14N4O5S. The number of nitrogens with zero attached hydrogens (tertiary/aromatic N) is 3. The van der Waals surface area contributed by atoms with Crippen LogP contribution < -0.4 is 9.88 Å². The van der Waals surface area contributed by atoms with E-state index in [1.165, 1.54) is 24.5 Å². The molecule has 9 nitrogen and oxygen atoms in total. The van der Waals surface area contributed by atoms with Gasteiger partial charge in [0.1, 0.15) is 11.3 Å². The van der Waals surface area contributed by atoms with E-state index >= 15 is 0 Å². The van der Waals surface area contributed by atoms with Crippen molar-refractivity contribution in [3.8, 4) is 17.1 Å². The second-order valence-corrected chi connectivity index (χ2v) is 6.36. The Balaban J connectivity index is 2.89. The lowest BCUT2D eigenvalue weighted by atomic mass is 10.1. The van der Waals surface area contributed by atoms with Crippen LogP contribution in [0.15, 0.2) is 35.5 Å². The molecule has 0 unspecified atom stereocenters. The zero-order chi connectivity index (χ0) is 17.2. The molecule has 0 fully saturated rings. The van der Waals surface area contributed by atoms with E-state index in [2.05, 4.69) is 9.97 Å². The van der Waals surface area contributed by atoms with Gasteiger partial charge in [-0.25, -0.2) is 23.5 Å². The minimum absolute atomic E-state index is 0.0275. The maximum Gasteiger partial charge on any atom is 0.304 e. The van der Waals surface area contributed by atoms with Gasteiger partial charge in [-0.15, -0.1) is 0 Å². The summed E-state index contributed by atoms with van der Waals surface area (Å²) in [4.78, 5) is 17.9. The van der Waals surface area contributed by atoms with Gasteiger partial charge in [-0.3, -0.25) is 10.1 Å². The molecule has 23 heavy (non-hydrogen) atoms. The van der Waals surface area contributed by atoms with Crippen LogP contribution in [0.25, 0.3) is 11.4 Å². The number of rotatable bonds is 5. The molecule has 0 saturated carbocycles. The molecule has 0 aliphatic rings. The van der Waals surface area contributed by atoms with Gasteiger partial charge in [-0.2, -0.15) is 0 Å². The summed E-state index contributed by atoms with van der Waals surface area (Å²) in [6.45, 7) is 3.46. The number of aromatic nitrogens is 2. The molecule has 0 saturated heterocycles. The third-order valence-electron chi connectivity index (χ3n) is 2.74. The van der Waals surface area contributed by atoms with E-state index in [0.717, 1.165) is 6.07 Å². The van der Waals surface area contributed by atoms with Crippen molar-refractivity contribution in [1.82, 2.24) is 9.97 Å². The number of ether oxygens (including phenoxy) is 1. The van der Waals surface area contributed by atoms with Crippen LogP contribution in [0.1, 0.15) is 13.8 Å². The maximum atomic E-state index is 11.7. The number of nitrogens with two attached hydrogens (primary N) is 1. The Hall–Kier alpha value is -2.59. The standard InChI is InChI=1S/C13H14N4O5S/c1-8(2)22-9-4-5-10(23(14,20)21)12(17(18)19)11(9)13-15-6-3-7-16-13/h3-8H,1-2H3,(H2,14,20,21). The highest BCUT2D eigenvalue weighted by Crippen LogP contribution is 2.40. The topological polar surface area (TPSA) is 138 Å². The van der Waals surface area contributed by atoms with Crippen LogP contribution in [0.5, 0.6) is 5.75 Å². The minimum Gasteiger partial charge on any atom is -0.490 e. The normalized spacial score (nSPS) is 11.5. The van der Waals surface area contributed by atoms with Gasteiger partial charge in [0.25, 0.3) is 0 Å². The lowest BCUT2D eigenvalue weighted by Crippen LogP contribution is -2.16. The first-order valence-corrected chi connectivity index (χ1v) is 8.04. The summed E-state index contributed by atoms with van der Waals surface area (Å²) in [5, 5.41) is 16.6. The van der Waals surface area contributed by atoms with Crippen molar-refractivity contribution in [3.63, 3.8) is 0 Å². The number of hydrogen-bond acceptors (Lipinski definition) is 7. The first-order chi connectivity index (χ1) is 10.7. The smallest absolute Gasteiger partial charge is 0.304 e. The summed E-state index contributed by atoms with van der Waals surface area (Å²) >= 11 is 0. The van der Waals surface area contributed by atoms with Crippen molar-refractivity contribution in [2.24, 2.45) is 5.14 Å². The SMILES string of the molecule is CC(C)Oc1ccc(S(N)(=O)=O)c([N+](=O)[O-])c1-c1ncccn1. The van der Waals surface area contributed by atoms with E-state index in [1.807, 2.05) is 0 Å². The van der Waals surface area contributed by atoms with Crippen molar-refractivity contribution in [1.29, 1.82) is 0 Å². The third-order valence-corrected chi connectivity index (χ3v) is 3.69. The van der Waals surface area contributed by atoms with E-state index < -0.39 is 25.5 Å². The van der Waals surface area contributed by atoms with E-state index in [-0.39, 0.29) is 23.2 Å². The molecular weight excluding hydrogens is 324 g/mol. The summed E-state index contributed by atoms with van der Waals surface area (Å²) < 4.78 is 28.9. The number of sulfonamides is 1. The summed E-state index contributed by atoms with van der Waals surface area (Å²) in [6, 6.07) is 3.87. The van der Waals surface area contributed by atoms with E-state index in [9.17, 15) is 18.5 Å². The predicted octanol–water partition coefficient (Wildman–Crippen LogP) is 1.49. The molecule has 1 aromatic carbocycles. The van der Waals surface area contributed by atoms with Crippen LogP contribution in [0.4, 0.5) is 5.69 Å². The zero-order valence-corrected chi connectivity index (χ0v) is 13.1. The third kappa shape index (κ3) is 3.60. The van der Waals surface area contributed by atoms with Gasteiger partial charge in [0.2, 0.25) is 10.0 Å².